The maximum atomic E-state index is 14.0. The zero-order chi connectivity index (χ0) is 30.2. The lowest BCUT2D eigenvalue weighted by Gasteiger charge is -2.33. The Hall–Kier alpha value is -3.85. The summed E-state index contributed by atoms with van der Waals surface area (Å²) in [6, 6.07) is 21.9. The molecule has 0 saturated carbocycles. The highest BCUT2D eigenvalue weighted by Gasteiger charge is 2.33. The van der Waals surface area contributed by atoms with Gasteiger partial charge in [-0.05, 0) is 89.9 Å². The van der Waals surface area contributed by atoms with Crippen LogP contribution in [0.5, 0.6) is 5.75 Å². The largest absolute Gasteiger partial charge is 0.494 e. The first-order valence-corrected chi connectivity index (χ1v) is 15.2. The van der Waals surface area contributed by atoms with Crippen molar-refractivity contribution in [3.8, 4) is 5.75 Å². The quantitative estimate of drug-likeness (QED) is 0.327. The van der Waals surface area contributed by atoms with E-state index in [-0.39, 0.29) is 17.3 Å². The standard InChI is InChI=1S/C32H41N3O5S/c1-7-40-28-17-19-29(20-18-28)41(38,39)35(27-15-13-24(2)14-16-27)23-30(36)34(22-21-26-11-9-8-10-12-26)25(3)31(37)33-32(4,5)6/h8-20,25H,7,21-23H2,1-6H3,(H,33,37)/t25-/m0/s1. The molecule has 0 saturated heterocycles. The monoisotopic (exact) mass is 579 g/mol. The van der Waals surface area contributed by atoms with Gasteiger partial charge >= 0.3 is 0 Å². The summed E-state index contributed by atoms with van der Waals surface area (Å²) < 4.78 is 34.5. The van der Waals surface area contributed by atoms with Crippen molar-refractivity contribution in [1.82, 2.24) is 10.2 Å². The lowest BCUT2D eigenvalue weighted by Crippen LogP contribution is -2.55. The van der Waals surface area contributed by atoms with Crippen molar-refractivity contribution >= 4 is 27.5 Å². The summed E-state index contributed by atoms with van der Waals surface area (Å²) in [5.41, 5.74) is 1.82. The van der Waals surface area contributed by atoms with Crippen LogP contribution in [0.1, 0.15) is 45.7 Å². The van der Waals surface area contributed by atoms with Gasteiger partial charge in [0, 0.05) is 12.1 Å². The van der Waals surface area contributed by atoms with E-state index in [0.717, 1.165) is 15.4 Å². The molecule has 0 bridgehead atoms. The molecule has 0 aliphatic heterocycles. The molecule has 0 radical (unpaired) electrons. The van der Waals surface area contributed by atoms with E-state index in [1.807, 2.05) is 65.0 Å². The van der Waals surface area contributed by atoms with Crippen molar-refractivity contribution in [1.29, 1.82) is 0 Å². The second-order valence-electron chi connectivity index (χ2n) is 11.0. The van der Waals surface area contributed by atoms with Crippen molar-refractivity contribution in [2.24, 2.45) is 0 Å². The number of benzene rings is 3. The number of nitrogens with one attached hydrogen (secondary N) is 1. The molecule has 0 unspecified atom stereocenters. The van der Waals surface area contributed by atoms with E-state index < -0.39 is 34.1 Å². The average molecular weight is 580 g/mol. The predicted molar refractivity (Wildman–Crippen MR) is 163 cm³/mol. The van der Waals surface area contributed by atoms with E-state index in [9.17, 15) is 18.0 Å². The van der Waals surface area contributed by atoms with E-state index >= 15 is 0 Å². The minimum absolute atomic E-state index is 0.0312. The Morgan fingerprint density at radius 3 is 2.10 bits per heavy atom. The summed E-state index contributed by atoms with van der Waals surface area (Å²) >= 11 is 0. The van der Waals surface area contributed by atoms with Gasteiger partial charge in [0.15, 0.2) is 0 Å². The van der Waals surface area contributed by atoms with Crippen LogP contribution in [0.25, 0.3) is 0 Å². The van der Waals surface area contributed by atoms with Gasteiger partial charge in [-0.3, -0.25) is 13.9 Å². The lowest BCUT2D eigenvalue weighted by molar-refractivity contribution is -0.139. The summed E-state index contributed by atoms with van der Waals surface area (Å²) in [6.45, 7) is 11.3. The number of amides is 2. The van der Waals surface area contributed by atoms with Gasteiger partial charge in [0.05, 0.1) is 17.2 Å². The molecular weight excluding hydrogens is 538 g/mol. The van der Waals surface area contributed by atoms with Gasteiger partial charge in [0.2, 0.25) is 11.8 Å². The summed E-state index contributed by atoms with van der Waals surface area (Å²) in [5.74, 6) is -0.238. The SMILES string of the molecule is CCOc1ccc(S(=O)(=O)N(CC(=O)N(CCc2ccccc2)[C@@H](C)C(=O)NC(C)(C)C)c2ccc(C)cc2)cc1. The van der Waals surface area contributed by atoms with Crippen molar-refractivity contribution in [3.63, 3.8) is 0 Å². The average Bonchev–Trinajstić information content (AvgIpc) is 2.92. The third-order valence-corrected chi connectivity index (χ3v) is 8.26. The van der Waals surface area contributed by atoms with Crippen LogP contribution >= 0.6 is 0 Å². The van der Waals surface area contributed by atoms with Crippen LogP contribution in [-0.2, 0) is 26.0 Å². The summed E-state index contributed by atoms with van der Waals surface area (Å²) in [4.78, 5) is 28.6. The Bertz CT molecular complexity index is 1400. The van der Waals surface area contributed by atoms with Gasteiger partial charge in [0.25, 0.3) is 10.0 Å². The zero-order valence-corrected chi connectivity index (χ0v) is 25.6. The van der Waals surface area contributed by atoms with Crippen LogP contribution in [0.2, 0.25) is 0 Å². The van der Waals surface area contributed by atoms with Crippen LogP contribution < -0.4 is 14.4 Å². The molecule has 41 heavy (non-hydrogen) atoms. The minimum atomic E-state index is -4.14. The molecule has 220 valence electrons. The number of sulfonamides is 1. The Morgan fingerprint density at radius 1 is 0.927 bits per heavy atom. The summed E-state index contributed by atoms with van der Waals surface area (Å²) in [5, 5.41) is 2.94. The molecular formula is C32H41N3O5S. The van der Waals surface area contributed by atoms with Gasteiger partial charge in [0.1, 0.15) is 18.3 Å². The van der Waals surface area contributed by atoms with Crippen LogP contribution in [0.15, 0.2) is 83.8 Å². The van der Waals surface area contributed by atoms with Crippen LogP contribution in [0, 0.1) is 6.92 Å². The minimum Gasteiger partial charge on any atom is -0.494 e. The molecule has 0 aromatic heterocycles. The van der Waals surface area contributed by atoms with Crippen molar-refractivity contribution < 1.29 is 22.7 Å². The maximum Gasteiger partial charge on any atom is 0.264 e. The number of aryl methyl sites for hydroxylation is 1. The molecule has 1 atom stereocenters. The van der Waals surface area contributed by atoms with Crippen molar-refractivity contribution in [3.05, 3.63) is 90.0 Å². The number of hydrogen-bond acceptors (Lipinski definition) is 5. The first kappa shape index (κ1) is 31.7. The van der Waals surface area contributed by atoms with E-state index in [1.165, 1.54) is 17.0 Å². The molecule has 0 fully saturated rings. The van der Waals surface area contributed by atoms with Gasteiger partial charge in [-0.25, -0.2) is 8.42 Å². The smallest absolute Gasteiger partial charge is 0.264 e. The fraction of sp³-hybridized carbons (Fsp3) is 0.375. The Balaban J connectivity index is 1.98. The van der Waals surface area contributed by atoms with Gasteiger partial charge in [-0.15, -0.1) is 0 Å². The highest BCUT2D eigenvalue weighted by molar-refractivity contribution is 7.92. The van der Waals surface area contributed by atoms with E-state index in [4.69, 9.17) is 4.74 Å². The number of carbonyl (C=O) groups excluding carboxylic acids is 2. The van der Waals surface area contributed by atoms with Gasteiger partial charge < -0.3 is 15.0 Å². The van der Waals surface area contributed by atoms with Gasteiger partial charge in [-0.2, -0.15) is 0 Å². The molecule has 0 heterocycles. The molecule has 8 nitrogen and oxygen atoms in total. The maximum absolute atomic E-state index is 14.0. The highest BCUT2D eigenvalue weighted by Crippen LogP contribution is 2.26. The molecule has 0 aliphatic carbocycles. The number of carbonyl (C=O) groups is 2. The molecule has 0 spiro atoms. The number of ether oxygens (including phenoxy) is 1. The first-order chi connectivity index (χ1) is 19.3. The number of nitrogens with zero attached hydrogens (tertiary/aromatic N) is 2. The lowest BCUT2D eigenvalue weighted by atomic mass is 10.1. The fourth-order valence-electron chi connectivity index (χ4n) is 4.29. The zero-order valence-electron chi connectivity index (χ0n) is 24.8. The Labute approximate surface area is 244 Å². The van der Waals surface area contributed by atoms with E-state index in [2.05, 4.69) is 5.32 Å². The number of anilines is 1. The van der Waals surface area contributed by atoms with Crippen molar-refractivity contribution in [2.45, 2.75) is 64.4 Å². The number of hydrogen-bond donors (Lipinski definition) is 1. The normalized spacial score (nSPS) is 12.3. The van der Waals surface area contributed by atoms with Gasteiger partial charge in [-0.1, -0.05) is 48.0 Å². The molecule has 3 aromatic rings. The summed E-state index contributed by atoms with van der Waals surface area (Å²) in [7, 11) is -4.14. The molecule has 2 amide bonds. The molecule has 3 aromatic carbocycles. The Kier molecular flexibility index (Phi) is 10.6. The Morgan fingerprint density at radius 2 is 1.54 bits per heavy atom. The topological polar surface area (TPSA) is 96.0 Å². The van der Waals surface area contributed by atoms with E-state index in [0.29, 0.717) is 24.5 Å². The van der Waals surface area contributed by atoms with Crippen LogP contribution in [0.3, 0.4) is 0 Å². The molecule has 9 heteroatoms. The second kappa shape index (κ2) is 13.7. The second-order valence-corrected chi connectivity index (χ2v) is 12.9. The fourth-order valence-corrected chi connectivity index (χ4v) is 5.70. The predicted octanol–water partition coefficient (Wildman–Crippen LogP) is 4.96. The van der Waals surface area contributed by atoms with Crippen LogP contribution in [-0.4, -0.2) is 56.4 Å². The molecule has 1 N–H and O–H groups in total. The highest BCUT2D eigenvalue weighted by atomic mass is 32.2. The number of rotatable bonds is 12. The molecule has 3 rings (SSSR count). The molecule has 0 aliphatic rings. The van der Waals surface area contributed by atoms with E-state index in [1.54, 1.807) is 43.3 Å². The van der Waals surface area contributed by atoms with Crippen molar-refractivity contribution in [2.75, 3.05) is 24.0 Å². The third kappa shape index (κ3) is 8.82. The van der Waals surface area contributed by atoms with Crippen LogP contribution in [0.4, 0.5) is 5.69 Å². The first-order valence-electron chi connectivity index (χ1n) is 13.8. The third-order valence-electron chi connectivity index (χ3n) is 6.47. The summed E-state index contributed by atoms with van der Waals surface area (Å²) in [6.07, 6.45) is 0.510.